The zero-order chi connectivity index (χ0) is 17.3. The number of carbonyl (C=O) groups excluding carboxylic acids is 1. The maximum Gasteiger partial charge on any atom is 0.257 e. The van der Waals surface area contributed by atoms with Crippen molar-refractivity contribution in [1.82, 2.24) is 4.98 Å². The summed E-state index contributed by atoms with van der Waals surface area (Å²) in [5, 5.41) is 2.81. The average Bonchev–Trinajstić information content (AvgIpc) is 2.92. The van der Waals surface area contributed by atoms with Gasteiger partial charge >= 0.3 is 0 Å². The van der Waals surface area contributed by atoms with Gasteiger partial charge in [-0.25, -0.2) is 13.8 Å². The molecule has 0 spiro atoms. The first-order chi connectivity index (χ1) is 11.4. The summed E-state index contributed by atoms with van der Waals surface area (Å²) in [7, 11) is 0. The van der Waals surface area contributed by atoms with Crippen molar-refractivity contribution in [3.8, 4) is 0 Å². The van der Waals surface area contributed by atoms with Gasteiger partial charge in [-0.2, -0.15) is 0 Å². The van der Waals surface area contributed by atoms with E-state index in [-0.39, 0.29) is 11.6 Å². The lowest BCUT2D eigenvalue weighted by Gasteiger charge is -2.10. The second-order valence-corrected chi connectivity index (χ2v) is 6.70. The minimum Gasteiger partial charge on any atom is -0.431 e. The Hall–Kier alpha value is -2.12. The second kappa shape index (κ2) is 6.78. The van der Waals surface area contributed by atoms with Crippen LogP contribution in [0.5, 0.6) is 0 Å². The van der Waals surface area contributed by atoms with Gasteiger partial charge < -0.3 is 9.73 Å². The van der Waals surface area contributed by atoms with E-state index < -0.39 is 16.9 Å². The summed E-state index contributed by atoms with van der Waals surface area (Å²) in [6, 6.07) is 8.21. The van der Waals surface area contributed by atoms with Gasteiger partial charge in [0.1, 0.15) is 5.52 Å². The zero-order valence-electron chi connectivity index (χ0n) is 12.3. The molecule has 3 rings (SSSR count). The summed E-state index contributed by atoms with van der Waals surface area (Å²) in [6.45, 7) is 1.65. The number of hydrogen-bond donors (Lipinski definition) is 1. The van der Waals surface area contributed by atoms with Gasteiger partial charge in [0.15, 0.2) is 17.2 Å². The fourth-order valence-corrected chi connectivity index (χ4v) is 2.87. The SMILES string of the molecule is C[C@H](Sc1nc2ccc(Cl)cc2o1)C(=O)Nc1ccc(F)c(F)c1. The number of hydrogen-bond acceptors (Lipinski definition) is 4. The van der Waals surface area contributed by atoms with Crippen LogP contribution < -0.4 is 5.32 Å². The molecule has 0 fully saturated rings. The van der Waals surface area contributed by atoms with Gasteiger partial charge in [0.05, 0.1) is 5.25 Å². The topological polar surface area (TPSA) is 55.1 Å². The van der Waals surface area contributed by atoms with Crippen LogP contribution >= 0.6 is 23.4 Å². The van der Waals surface area contributed by atoms with Crippen LogP contribution in [0, 0.1) is 11.6 Å². The molecule has 4 nitrogen and oxygen atoms in total. The minimum atomic E-state index is -1.02. The zero-order valence-corrected chi connectivity index (χ0v) is 13.9. The van der Waals surface area contributed by atoms with E-state index in [1.54, 1.807) is 25.1 Å². The highest BCUT2D eigenvalue weighted by molar-refractivity contribution is 8.00. The maximum atomic E-state index is 13.2. The molecule has 0 radical (unpaired) electrons. The number of nitrogens with zero attached hydrogens (tertiary/aromatic N) is 1. The number of thioether (sulfide) groups is 1. The standard InChI is InChI=1S/C16H11ClF2N2O2S/c1-8(15(22)20-10-3-4-11(18)12(19)7-10)24-16-21-13-5-2-9(17)6-14(13)23-16/h2-8H,1H3,(H,20,22)/t8-/m0/s1. The monoisotopic (exact) mass is 368 g/mol. The molecule has 1 atom stereocenters. The number of amides is 1. The van der Waals surface area contributed by atoms with Crippen molar-refractivity contribution in [3.05, 3.63) is 53.1 Å². The fourth-order valence-electron chi connectivity index (χ4n) is 1.95. The van der Waals surface area contributed by atoms with Gasteiger partial charge in [-0.05, 0) is 31.2 Å². The van der Waals surface area contributed by atoms with Gasteiger partial charge in [-0.1, -0.05) is 23.4 Å². The quantitative estimate of drug-likeness (QED) is 0.667. The van der Waals surface area contributed by atoms with Crippen molar-refractivity contribution < 1.29 is 18.0 Å². The van der Waals surface area contributed by atoms with Crippen LogP contribution in [-0.4, -0.2) is 16.1 Å². The summed E-state index contributed by atoms with van der Waals surface area (Å²) in [5.74, 6) is -2.38. The highest BCUT2D eigenvalue weighted by Crippen LogP contribution is 2.28. The second-order valence-electron chi connectivity index (χ2n) is 4.97. The highest BCUT2D eigenvalue weighted by atomic mass is 35.5. The molecule has 8 heteroatoms. The molecule has 124 valence electrons. The number of fused-ring (bicyclic) bond motifs is 1. The van der Waals surface area contributed by atoms with Crippen molar-refractivity contribution in [3.63, 3.8) is 0 Å². The molecular weight excluding hydrogens is 358 g/mol. The molecule has 0 bridgehead atoms. The Kier molecular flexibility index (Phi) is 4.73. The molecule has 0 aliphatic carbocycles. The number of halogens is 3. The summed E-state index contributed by atoms with van der Waals surface area (Å²) in [6.07, 6.45) is 0. The van der Waals surface area contributed by atoms with Crippen molar-refractivity contribution in [1.29, 1.82) is 0 Å². The molecule has 1 heterocycles. The Morgan fingerprint density at radius 2 is 2.04 bits per heavy atom. The molecule has 0 saturated heterocycles. The van der Waals surface area contributed by atoms with E-state index in [4.69, 9.17) is 16.0 Å². The summed E-state index contributed by atoms with van der Waals surface area (Å²) < 4.78 is 31.6. The van der Waals surface area contributed by atoms with Crippen LogP contribution in [0.15, 0.2) is 46.0 Å². The summed E-state index contributed by atoms with van der Waals surface area (Å²) in [4.78, 5) is 16.4. The first kappa shape index (κ1) is 16.7. The predicted octanol–water partition coefficient (Wildman–Crippen LogP) is 4.88. The number of benzene rings is 2. The van der Waals surface area contributed by atoms with Gasteiger partial charge in [-0.15, -0.1) is 0 Å². The van der Waals surface area contributed by atoms with Crippen LogP contribution in [0.2, 0.25) is 5.02 Å². The lowest BCUT2D eigenvalue weighted by Crippen LogP contribution is -2.22. The molecule has 3 aromatic rings. The Morgan fingerprint density at radius 3 is 2.79 bits per heavy atom. The largest absolute Gasteiger partial charge is 0.431 e. The minimum absolute atomic E-state index is 0.177. The van der Waals surface area contributed by atoms with Crippen LogP contribution in [0.25, 0.3) is 11.1 Å². The van der Waals surface area contributed by atoms with E-state index in [9.17, 15) is 13.6 Å². The van der Waals surface area contributed by atoms with Crippen LogP contribution in [0.1, 0.15) is 6.92 Å². The van der Waals surface area contributed by atoms with E-state index in [0.717, 1.165) is 23.9 Å². The number of anilines is 1. The Morgan fingerprint density at radius 1 is 1.25 bits per heavy atom. The van der Waals surface area contributed by atoms with Crippen molar-refractivity contribution >= 4 is 46.1 Å². The predicted molar refractivity (Wildman–Crippen MR) is 89.3 cm³/mol. The normalized spacial score (nSPS) is 12.3. The van der Waals surface area contributed by atoms with Gasteiger partial charge in [0.25, 0.3) is 5.22 Å². The highest BCUT2D eigenvalue weighted by Gasteiger charge is 2.19. The van der Waals surface area contributed by atoms with E-state index >= 15 is 0 Å². The van der Waals surface area contributed by atoms with E-state index in [2.05, 4.69) is 10.3 Å². The summed E-state index contributed by atoms with van der Waals surface area (Å²) in [5.41, 5.74) is 1.34. The van der Waals surface area contributed by atoms with Gasteiger partial charge in [-0.3, -0.25) is 4.79 Å². The Balaban J connectivity index is 1.69. The number of aromatic nitrogens is 1. The molecule has 24 heavy (non-hydrogen) atoms. The maximum absolute atomic E-state index is 13.2. The van der Waals surface area contributed by atoms with E-state index in [1.807, 2.05) is 0 Å². The molecule has 0 saturated carbocycles. The molecule has 0 aliphatic heterocycles. The van der Waals surface area contributed by atoms with Crippen LogP contribution in [-0.2, 0) is 4.79 Å². The number of rotatable bonds is 4. The van der Waals surface area contributed by atoms with Gasteiger partial charge in [0, 0.05) is 22.8 Å². The lowest BCUT2D eigenvalue weighted by molar-refractivity contribution is -0.115. The first-order valence-electron chi connectivity index (χ1n) is 6.91. The third kappa shape index (κ3) is 3.68. The van der Waals surface area contributed by atoms with Gasteiger partial charge in [0.2, 0.25) is 5.91 Å². The third-order valence-corrected chi connectivity index (χ3v) is 4.34. The molecule has 0 aliphatic rings. The van der Waals surface area contributed by atoms with Crippen LogP contribution in [0.4, 0.5) is 14.5 Å². The van der Waals surface area contributed by atoms with E-state index in [1.165, 1.54) is 6.07 Å². The number of nitrogens with one attached hydrogen (secondary N) is 1. The fraction of sp³-hybridized carbons (Fsp3) is 0.125. The Bertz CT molecular complexity index is 916. The first-order valence-corrected chi connectivity index (χ1v) is 8.17. The summed E-state index contributed by atoms with van der Waals surface area (Å²) >= 11 is 6.99. The van der Waals surface area contributed by atoms with Crippen molar-refractivity contribution in [2.75, 3.05) is 5.32 Å². The molecule has 2 aromatic carbocycles. The molecular formula is C16H11ClF2N2O2S. The number of carbonyl (C=O) groups is 1. The number of oxazole rings is 1. The molecule has 1 amide bonds. The average molecular weight is 369 g/mol. The van der Waals surface area contributed by atoms with Crippen LogP contribution in [0.3, 0.4) is 0 Å². The molecule has 0 unspecified atom stereocenters. The smallest absolute Gasteiger partial charge is 0.257 e. The van der Waals surface area contributed by atoms with Crippen molar-refractivity contribution in [2.24, 2.45) is 0 Å². The van der Waals surface area contributed by atoms with Crippen molar-refractivity contribution in [2.45, 2.75) is 17.4 Å². The Labute approximate surface area is 145 Å². The molecule has 1 N–H and O–H groups in total. The van der Waals surface area contributed by atoms with E-state index in [0.29, 0.717) is 21.3 Å². The molecule has 1 aromatic heterocycles. The third-order valence-electron chi connectivity index (χ3n) is 3.16. The lowest BCUT2D eigenvalue weighted by atomic mass is 10.3.